The molecular formula is C12H13N. The van der Waals surface area contributed by atoms with Crippen molar-refractivity contribution in [2.45, 2.75) is 6.92 Å². The molecule has 0 spiro atoms. The fourth-order valence-electron chi connectivity index (χ4n) is 1.64. The van der Waals surface area contributed by atoms with Gasteiger partial charge in [-0.25, -0.2) is 0 Å². The molecular weight excluding hydrogens is 158 g/mol. The van der Waals surface area contributed by atoms with Gasteiger partial charge in [0.05, 0.1) is 0 Å². The Bertz CT molecular complexity index is 388. The van der Waals surface area contributed by atoms with E-state index in [2.05, 4.69) is 55.8 Å². The van der Waals surface area contributed by atoms with Gasteiger partial charge in [-0.1, -0.05) is 24.8 Å². The predicted molar refractivity (Wildman–Crippen MR) is 57.6 cm³/mol. The number of hydrogen-bond acceptors (Lipinski definition) is 1. The van der Waals surface area contributed by atoms with Crippen LogP contribution in [-0.2, 0) is 0 Å². The van der Waals surface area contributed by atoms with Gasteiger partial charge < -0.3 is 4.90 Å². The number of fused-ring (bicyclic) bond motifs is 1. The zero-order valence-corrected chi connectivity index (χ0v) is 8.04. The van der Waals surface area contributed by atoms with Crippen molar-refractivity contribution in [2.24, 2.45) is 0 Å². The number of allylic oxidation sites excluding steroid dienone is 1. The van der Waals surface area contributed by atoms with Gasteiger partial charge in [-0.3, -0.25) is 0 Å². The molecule has 1 aliphatic rings. The molecule has 0 radical (unpaired) electrons. The van der Waals surface area contributed by atoms with Gasteiger partial charge in [-0.05, 0) is 30.2 Å². The summed E-state index contributed by atoms with van der Waals surface area (Å²) in [5, 5.41) is 0. The van der Waals surface area contributed by atoms with Crippen molar-refractivity contribution in [2.75, 3.05) is 11.9 Å². The number of benzene rings is 1. The molecule has 0 aromatic heterocycles. The Balaban J connectivity index is 2.63. The van der Waals surface area contributed by atoms with Gasteiger partial charge in [-0.2, -0.15) is 0 Å². The Labute approximate surface area is 79.0 Å². The van der Waals surface area contributed by atoms with Gasteiger partial charge >= 0.3 is 0 Å². The monoisotopic (exact) mass is 171 g/mol. The molecule has 13 heavy (non-hydrogen) atoms. The van der Waals surface area contributed by atoms with Crippen LogP contribution in [0.25, 0.3) is 6.08 Å². The van der Waals surface area contributed by atoms with Crippen molar-refractivity contribution in [1.82, 2.24) is 0 Å². The Morgan fingerprint density at radius 1 is 1.23 bits per heavy atom. The summed E-state index contributed by atoms with van der Waals surface area (Å²) < 4.78 is 0. The largest absolute Gasteiger partial charge is 0.344 e. The smallest absolute Gasteiger partial charge is 0.0481 e. The second kappa shape index (κ2) is 2.77. The summed E-state index contributed by atoms with van der Waals surface area (Å²) in [5.41, 5.74) is 4.83. The van der Waals surface area contributed by atoms with Gasteiger partial charge in [0.2, 0.25) is 0 Å². The first-order chi connectivity index (χ1) is 6.20. The third kappa shape index (κ3) is 1.17. The lowest BCUT2D eigenvalue weighted by atomic mass is 10.0. The SMILES string of the molecule is C=C1C(C)=Cc2ccccc2N1C. The number of nitrogens with zero attached hydrogens (tertiary/aromatic N) is 1. The van der Waals surface area contributed by atoms with Crippen molar-refractivity contribution in [3.63, 3.8) is 0 Å². The van der Waals surface area contributed by atoms with Crippen molar-refractivity contribution >= 4 is 11.8 Å². The Morgan fingerprint density at radius 3 is 2.69 bits per heavy atom. The van der Waals surface area contributed by atoms with E-state index in [1.165, 1.54) is 16.8 Å². The average Bonchev–Trinajstić information content (AvgIpc) is 2.15. The topological polar surface area (TPSA) is 3.24 Å². The molecule has 1 aliphatic heterocycles. The minimum absolute atomic E-state index is 1.08. The van der Waals surface area contributed by atoms with Crippen LogP contribution in [0.2, 0.25) is 0 Å². The van der Waals surface area contributed by atoms with Gasteiger partial charge in [0.25, 0.3) is 0 Å². The summed E-state index contributed by atoms with van der Waals surface area (Å²) in [4.78, 5) is 2.13. The fourth-order valence-corrected chi connectivity index (χ4v) is 1.64. The molecule has 0 amide bonds. The van der Waals surface area contributed by atoms with E-state index in [4.69, 9.17) is 0 Å². The molecule has 0 N–H and O–H groups in total. The molecule has 0 bridgehead atoms. The van der Waals surface area contributed by atoms with Crippen molar-refractivity contribution in [3.05, 3.63) is 47.7 Å². The van der Waals surface area contributed by atoms with E-state index in [0.29, 0.717) is 0 Å². The number of rotatable bonds is 0. The molecule has 0 aliphatic carbocycles. The number of para-hydroxylation sites is 1. The molecule has 0 saturated carbocycles. The minimum Gasteiger partial charge on any atom is -0.344 e. The van der Waals surface area contributed by atoms with Crippen LogP contribution in [0.1, 0.15) is 12.5 Å². The maximum atomic E-state index is 4.03. The van der Waals surface area contributed by atoms with Crippen LogP contribution >= 0.6 is 0 Å². The molecule has 0 unspecified atom stereocenters. The molecule has 0 atom stereocenters. The first-order valence-electron chi connectivity index (χ1n) is 4.40. The first kappa shape index (κ1) is 8.11. The molecule has 0 fully saturated rings. The summed E-state index contributed by atoms with van der Waals surface area (Å²) in [6.45, 7) is 6.12. The quantitative estimate of drug-likeness (QED) is 0.580. The first-order valence-corrected chi connectivity index (χ1v) is 4.40. The molecule has 1 aromatic rings. The minimum atomic E-state index is 1.08. The van der Waals surface area contributed by atoms with E-state index in [9.17, 15) is 0 Å². The van der Waals surface area contributed by atoms with Gasteiger partial charge in [0.15, 0.2) is 0 Å². The Hall–Kier alpha value is -1.50. The van der Waals surface area contributed by atoms with E-state index in [0.717, 1.165) is 5.70 Å². The standard InChI is InChI=1S/C12H13N/c1-9-8-11-6-4-5-7-12(11)13(3)10(9)2/h4-8H,2H2,1,3H3. The molecule has 1 heterocycles. The van der Waals surface area contributed by atoms with E-state index in [1.54, 1.807) is 0 Å². The zero-order chi connectivity index (χ0) is 9.42. The van der Waals surface area contributed by atoms with Crippen LogP contribution in [0.4, 0.5) is 5.69 Å². The average molecular weight is 171 g/mol. The molecule has 1 heteroatoms. The van der Waals surface area contributed by atoms with Gasteiger partial charge in [0, 0.05) is 18.4 Å². The highest BCUT2D eigenvalue weighted by Crippen LogP contribution is 2.31. The van der Waals surface area contributed by atoms with Crippen LogP contribution in [0.15, 0.2) is 42.1 Å². The highest BCUT2D eigenvalue weighted by molar-refractivity contribution is 5.78. The Kier molecular flexibility index (Phi) is 1.73. The summed E-state index contributed by atoms with van der Waals surface area (Å²) in [6, 6.07) is 8.35. The lowest BCUT2D eigenvalue weighted by Gasteiger charge is -2.28. The fraction of sp³-hybridized carbons (Fsp3) is 0.167. The lowest BCUT2D eigenvalue weighted by Crippen LogP contribution is -2.19. The van der Waals surface area contributed by atoms with E-state index in [-0.39, 0.29) is 0 Å². The van der Waals surface area contributed by atoms with Crippen molar-refractivity contribution < 1.29 is 0 Å². The van der Waals surface area contributed by atoms with Crippen LogP contribution in [0.3, 0.4) is 0 Å². The molecule has 2 rings (SSSR count). The van der Waals surface area contributed by atoms with Crippen molar-refractivity contribution in [1.29, 1.82) is 0 Å². The number of likely N-dealkylation sites (N-methyl/N-ethyl adjacent to an activating group) is 1. The molecule has 66 valence electrons. The maximum absolute atomic E-state index is 4.03. The highest BCUT2D eigenvalue weighted by Gasteiger charge is 2.14. The van der Waals surface area contributed by atoms with E-state index >= 15 is 0 Å². The van der Waals surface area contributed by atoms with Crippen LogP contribution in [0, 0.1) is 0 Å². The normalized spacial score (nSPS) is 15.4. The van der Waals surface area contributed by atoms with Gasteiger partial charge in [0.1, 0.15) is 0 Å². The van der Waals surface area contributed by atoms with E-state index < -0.39 is 0 Å². The molecule has 1 nitrogen and oxygen atoms in total. The summed E-state index contributed by atoms with van der Waals surface area (Å²) in [7, 11) is 2.05. The van der Waals surface area contributed by atoms with Crippen LogP contribution in [-0.4, -0.2) is 7.05 Å². The molecule has 1 aromatic carbocycles. The van der Waals surface area contributed by atoms with Gasteiger partial charge in [-0.15, -0.1) is 0 Å². The lowest BCUT2D eigenvalue weighted by molar-refractivity contribution is 1.09. The predicted octanol–water partition coefficient (Wildman–Crippen LogP) is 3.05. The Morgan fingerprint density at radius 2 is 1.92 bits per heavy atom. The number of anilines is 1. The third-order valence-corrected chi connectivity index (χ3v) is 2.53. The van der Waals surface area contributed by atoms with E-state index in [1.807, 2.05) is 0 Å². The molecule has 0 saturated heterocycles. The summed E-state index contributed by atoms with van der Waals surface area (Å²) in [6.07, 6.45) is 2.18. The zero-order valence-electron chi connectivity index (χ0n) is 8.04. The second-order valence-corrected chi connectivity index (χ2v) is 3.39. The maximum Gasteiger partial charge on any atom is 0.0481 e. The summed E-state index contributed by atoms with van der Waals surface area (Å²) >= 11 is 0. The second-order valence-electron chi connectivity index (χ2n) is 3.39. The third-order valence-electron chi connectivity index (χ3n) is 2.53. The van der Waals surface area contributed by atoms with Crippen LogP contribution in [0.5, 0.6) is 0 Å². The number of hydrogen-bond donors (Lipinski definition) is 0. The summed E-state index contributed by atoms with van der Waals surface area (Å²) in [5.74, 6) is 0. The van der Waals surface area contributed by atoms with Crippen LogP contribution < -0.4 is 4.90 Å². The van der Waals surface area contributed by atoms with Crippen molar-refractivity contribution in [3.8, 4) is 0 Å². The highest BCUT2D eigenvalue weighted by atomic mass is 15.1.